The standard InChI is InChI=1S/C11H13N3O3.C2H2/c15-5-7-1-4-10(17-7)8-2-3-9-11(16)12-6-13-14(8)9;1-2/h2-3,6-7,10,15H,1,4-5H2,(H,12,13,16);1-2H. The highest BCUT2D eigenvalue weighted by Gasteiger charge is 2.28. The third-order valence-corrected chi connectivity index (χ3v) is 3.13. The van der Waals surface area contributed by atoms with Gasteiger partial charge in [0.2, 0.25) is 0 Å². The lowest BCUT2D eigenvalue weighted by Gasteiger charge is -2.11. The Labute approximate surface area is 110 Å². The van der Waals surface area contributed by atoms with Crippen molar-refractivity contribution in [1.82, 2.24) is 14.6 Å². The van der Waals surface area contributed by atoms with E-state index in [0.29, 0.717) is 5.52 Å². The first-order chi connectivity index (χ1) is 9.29. The number of fused-ring (bicyclic) bond motifs is 1. The highest BCUT2D eigenvalue weighted by molar-refractivity contribution is 5.46. The fourth-order valence-electron chi connectivity index (χ4n) is 2.27. The topological polar surface area (TPSA) is 79.6 Å². The smallest absolute Gasteiger partial charge is 0.275 e. The van der Waals surface area contributed by atoms with Crippen molar-refractivity contribution in [1.29, 1.82) is 0 Å². The Morgan fingerprint density at radius 1 is 1.47 bits per heavy atom. The van der Waals surface area contributed by atoms with Crippen LogP contribution in [-0.2, 0) is 4.74 Å². The van der Waals surface area contributed by atoms with Gasteiger partial charge in [-0.2, -0.15) is 5.10 Å². The number of terminal acetylenes is 1. The number of nitrogens with zero attached hydrogens (tertiary/aromatic N) is 2. The maximum absolute atomic E-state index is 11.5. The Balaban J connectivity index is 0.000000637. The maximum Gasteiger partial charge on any atom is 0.275 e. The molecule has 6 heteroatoms. The molecule has 2 atom stereocenters. The van der Waals surface area contributed by atoms with Crippen molar-refractivity contribution < 1.29 is 9.84 Å². The molecule has 2 aromatic rings. The van der Waals surface area contributed by atoms with Crippen LogP contribution in [0.1, 0.15) is 24.6 Å². The first-order valence-electron chi connectivity index (χ1n) is 5.94. The minimum Gasteiger partial charge on any atom is -0.394 e. The third-order valence-electron chi connectivity index (χ3n) is 3.13. The van der Waals surface area contributed by atoms with E-state index in [0.717, 1.165) is 18.5 Å². The monoisotopic (exact) mass is 261 g/mol. The second-order valence-corrected chi connectivity index (χ2v) is 4.18. The van der Waals surface area contributed by atoms with Gasteiger partial charge in [-0.3, -0.25) is 4.79 Å². The van der Waals surface area contributed by atoms with E-state index in [4.69, 9.17) is 9.84 Å². The maximum atomic E-state index is 11.5. The van der Waals surface area contributed by atoms with E-state index in [1.54, 1.807) is 10.6 Å². The zero-order chi connectivity index (χ0) is 13.8. The molecule has 0 amide bonds. The minimum absolute atomic E-state index is 0.0355. The van der Waals surface area contributed by atoms with E-state index in [1.165, 1.54) is 6.33 Å². The highest BCUT2D eigenvalue weighted by atomic mass is 16.5. The van der Waals surface area contributed by atoms with Crippen LogP contribution in [0.2, 0.25) is 0 Å². The van der Waals surface area contributed by atoms with Gasteiger partial charge >= 0.3 is 0 Å². The molecule has 1 aliphatic heterocycles. The molecule has 19 heavy (non-hydrogen) atoms. The SMILES string of the molecule is C#C.O=c1[nH]cnn2c(C3CCC(CO)O3)ccc12. The molecular weight excluding hydrogens is 246 g/mol. The van der Waals surface area contributed by atoms with Crippen LogP contribution in [0.25, 0.3) is 5.52 Å². The van der Waals surface area contributed by atoms with Crippen LogP contribution in [0.15, 0.2) is 23.3 Å². The summed E-state index contributed by atoms with van der Waals surface area (Å²) in [5, 5.41) is 13.2. The van der Waals surface area contributed by atoms with Gasteiger partial charge in [0.1, 0.15) is 17.9 Å². The molecule has 6 nitrogen and oxygen atoms in total. The van der Waals surface area contributed by atoms with Gasteiger partial charge < -0.3 is 14.8 Å². The van der Waals surface area contributed by atoms with Gasteiger partial charge in [-0.05, 0) is 25.0 Å². The molecule has 2 aromatic heterocycles. The van der Waals surface area contributed by atoms with E-state index in [2.05, 4.69) is 22.9 Å². The number of rotatable bonds is 2. The molecule has 2 N–H and O–H groups in total. The zero-order valence-electron chi connectivity index (χ0n) is 10.3. The Kier molecular flexibility index (Phi) is 4.00. The van der Waals surface area contributed by atoms with Crippen LogP contribution in [0.5, 0.6) is 0 Å². The van der Waals surface area contributed by atoms with Crippen LogP contribution in [0.3, 0.4) is 0 Å². The minimum atomic E-state index is -0.164. The first kappa shape index (κ1) is 13.3. The number of ether oxygens (including phenoxy) is 1. The quantitative estimate of drug-likeness (QED) is 0.771. The first-order valence-corrected chi connectivity index (χ1v) is 5.94. The molecular formula is C13H15N3O3. The Hall–Kier alpha value is -2.10. The molecule has 1 saturated heterocycles. The van der Waals surface area contributed by atoms with Crippen molar-refractivity contribution >= 4 is 5.52 Å². The summed E-state index contributed by atoms with van der Waals surface area (Å²) in [6.07, 6.45) is 10.8. The van der Waals surface area contributed by atoms with Gasteiger partial charge in [-0.15, -0.1) is 12.8 Å². The van der Waals surface area contributed by atoms with Gasteiger partial charge in [-0.25, -0.2) is 4.52 Å². The average Bonchev–Trinajstić information content (AvgIpc) is 3.07. The lowest BCUT2D eigenvalue weighted by Crippen LogP contribution is -2.14. The number of aromatic nitrogens is 3. The van der Waals surface area contributed by atoms with Gasteiger partial charge in [0.05, 0.1) is 18.4 Å². The van der Waals surface area contributed by atoms with Gasteiger partial charge in [-0.1, -0.05) is 0 Å². The second-order valence-electron chi connectivity index (χ2n) is 4.18. The number of aliphatic hydroxyl groups is 1. The molecule has 0 aromatic carbocycles. The number of hydrogen-bond acceptors (Lipinski definition) is 4. The summed E-state index contributed by atoms with van der Waals surface area (Å²) in [4.78, 5) is 14.1. The predicted molar refractivity (Wildman–Crippen MR) is 69.6 cm³/mol. The second kappa shape index (κ2) is 5.69. The molecule has 2 unspecified atom stereocenters. The summed E-state index contributed by atoms with van der Waals surface area (Å²) in [6.45, 7) is 0.0355. The van der Waals surface area contributed by atoms with Crippen molar-refractivity contribution in [3.63, 3.8) is 0 Å². The summed E-state index contributed by atoms with van der Waals surface area (Å²) < 4.78 is 7.28. The molecule has 100 valence electrons. The lowest BCUT2D eigenvalue weighted by molar-refractivity contribution is 0.00855. The summed E-state index contributed by atoms with van der Waals surface area (Å²) in [7, 11) is 0. The fourth-order valence-corrected chi connectivity index (χ4v) is 2.27. The molecule has 3 heterocycles. The van der Waals surface area contributed by atoms with Crippen LogP contribution in [-0.4, -0.2) is 32.4 Å². The number of aliphatic hydroxyl groups excluding tert-OH is 1. The molecule has 0 saturated carbocycles. The van der Waals surface area contributed by atoms with Crippen LogP contribution in [0.4, 0.5) is 0 Å². The molecule has 0 spiro atoms. The lowest BCUT2D eigenvalue weighted by atomic mass is 10.1. The van der Waals surface area contributed by atoms with Crippen LogP contribution in [0, 0.1) is 12.8 Å². The summed E-state index contributed by atoms with van der Waals surface area (Å²) in [5.74, 6) is 0. The van der Waals surface area contributed by atoms with E-state index in [9.17, 15) is 4.79 Å². The van der Waals surface area contributed by atoms with Gasteiger partial charge in [0.15, 0.2) is 0 Å². The van der Waals surface area contributed by atoms with Gasteiger partial charge in [0.25, 0.3) is 5.56 Å². The normalized spacial score (nSPS) is 22.1. The fraction of sp³-hybridized carbons (Fsp3) is 0.385. The Morgan fingerprint density at radius 3 is 2.95 bits per heavy atom. The number of H-pyrrole nitrogens is 1. The van der Waals surface area contributed by atoms with E-state index >= 15 is 0 Å². The zero-order valence-corrected chi connectivity index (χ0v) is 10.3. The van der Waals surface area contributed by atoms with Crippen LogP contribution < -0.4 is 5.56 Å². The molecule has 0 aliphatic carbocycles. The van der Waals surface area contributed by atoms with Gasteiger partial charge in [0, 0.05) is 0 Å². The number of nitrogens with one attached hydrogen (secondary N) is 1. The predicted octanol–water partition coefficient (Wildman–Crippen LogP) is 0.484. The molecule has 0 bridgehead atoms. The highest BCUT2D eigenvalue weighted by Crippen LogP contribution is 2.32. The van der Waals surface area contributed by atoms with Crippen molar-refractivity contribution in [2.24, 2.45) is 0 Å². The van der Waals surface area contributed by atoms with Crippen molar-refractivity contribution in [3.8, 4) is 12.8 Å². The molecule has 0 radical (unpaired) electrons. The van der Waals surface area contributed by atoms with Crippen molar-refractivity contribution in [2.75, 3.05) is 6.61 Å². The summed E-state index contributed by atoms with van der Waals surface area (Å²) >= 11 is 0. The number of hydrogen-bond donors (Lipinski definition) is 2. The molecule has 1 fully saturated rings. The van der Waals surface area contributed by atoms with Crippen molar-refractivity contribution in [2.45, 2.75) is 25.0 Å². The van der Waals surface area contributed by atoms with E-state index in [1.807, 2.05) is 6.07 Å². The Morgan fingerprint density at radius 2 is 2.26 bits per heavy atom. The average molecular weight is 261 g/mol. The van der Waals surface area contributed by atoms with Crippen molar-refractivity contribution in [3.05, 3.63) is 34.5 Å². The summed E-state index contributed by atoms with van der Waals surface area (Å²) in [5.41, 5.74) is 1.21. The van der Waals surface area contributed by atoms with E-state index in [-0.39, 0.29) is 24.4 Å². The molecule has 3 rings (SSSR count). The van der Waals surface area contributed by atoms with Crippen LogP contribution >= 0.6 is 0 Å². The summed E-state index contributed by atoms with van der Waals surface area (Å²) in [6, 6.07) is 3.58. The number of aromatic amines is 1. The van der Waals surface area contributed by atoms with E-state index < -0.39 is 0 Å². The Bertz CT molecular complexity index is 629. The third kappa shape index (κ3) is 2.38. The molecule has 1 aliphatic rings. The largest absolute Gasteiger partial charge is 0.394 e.